The number of carbonyl (C=O) groups is 1. The fourth-order valence-electron chi connectivity index (χ4n) is 3.62. The fraction of sp³-hybridized carbons (Fsp3) is 0.625. The molecule has 1 N–H and O–H groups in total. The van der Waals surface area contributed by atoms with Crippen molar-refractivity contribution in [1.82, 2.24) is 14.8 Å². The van der Waals surface area contributed by atoms with Crippen molar-refractivity contribution in [3.63, 3.8) is 0 Å². The Balaban J connectivity index is 1.92. The highest BCUT2D eigenvalue weighted by Gasteiger charge is 2.46. The van der Waals surface area contributed by atoms with Gasteiger partial charge in [0.1, 0.15) is 0 Å². The summed E-state index contributed by atoms with van der Waals surface area (Å²) in [6, 6.07) is 6.13. The Kier molecular flexibility index (Phi) is 3.71. The van der Waals surface area contributed by atoms with E-state index >= 15 is 0 Å². The first-order valence-electron chi connectivity index (χ1n) is 7.68. The summed E-state index contributed by atoms with van der Waals surface area (Å²) in [6.45, 7) is 7.42. The third-order valence-corrected chi connectivity index (χ3v) is 5.02. The van der Waals surface area contributed by atoms with Crippen molar-refractivity contribution >= 4 is 5.97 Å². The van der Waals surface area contributed by atoms with Crippen LogP contribution in [0.15, 0.2) is 18.2 Å². The van der Waals surface area contributed by atoms with Crippen LogP contribution in [0.2, 0.25) is 0 Å². The molecular weight excluding hydrogens is 266 g/mol. The number of rotatable bonds is 3. The summed E-state index contributed by atoms with van der Waals surface area (Å²) in [4.78, 5) is 21.1. The standard InChI is InChI=1S/C16H23N3O2/c1-12-5-3-7-14(17-12)16(2,15(20)21)19-10-9-18-8-4-6-13(18)11-19/h3,5,7,13H,4,6,8-11H2,1-2H3,(H,20,21)/t13-,16?/m1/s1. The molecule has 0 radical (unpaired) electrons. The summed E-state index contributed by atoms with van der Waals surface area (Å²) in [6.07, 6.45) is 2.40. The van der Waals surface area contributed by atoms with E-state index < -0.39 is 11.5 Å². The number of aryl methyl sites for hydroxylation is 1. The quantitative estimate of drug-likeness (QED) is 0.913. The van der Waals surface area contributed by atoms with Gasteiger partial charge in [0.05, 0.1) is 5.69 Å². The average molecular weight is 289 g/mol. The summed E-state index contributed by atoms with van der Waals surface area (Å²) in [5.41, 5.74) is 0.460. The van der Waals surface area contributed by atoms with Gasteiger partial charge in [0.15, 0.2) is 5.54 Å². The van der Waals surface area contributed by atoms with E-state index in [1.807, 2.05) is 25.1 Å². The molecule has 1 unspecified atom stereocenters. The number of carboxylic acid groups (broad SMARTS) is 1. The van der Waals surface area contributed by atoms with Crippen LogP contribution in [-0.4, -0.2) is 58.1 Å². The first-order chi connectivity index (χ1) is 10.0. The molecule has 0 bridgehead atoms. The molecule has 3 rings (SSSR count). The molecule has 1 aromatic rings. The Morgan fingerprint density at radius 2 is 2.19 bits per heavy atom. The molecule has 2 aliphatic heterocycles. The smallest absolute Gasteiger partial charge is 0.330 e. The molecule has 21 heavy (non-hydrogen) atoms. The largest absolute Gasteiger partial charge is 0.480 e. The summed E-state index contributed by atoms with van der Waals surface area (Å²) in [5, 5.41) is 9.87. The van der Waals surface area contributed by atoms with Gasteiger partial charge < -0.3 is 5.11 Å². The molecule has 5 heteroatoms. The lowest BCUT2D eigenvalue weighted by Gasteiger charge is -2.45. The molecule has 2 saturated heterocycles. The maximum Gasteiger partial charge on any atom is 0.330 e. The van der Waals surface area contributed by atoms with Crippen LogP contribution >= 0.6 is 0 Å². The minimum absolute atomic E-state index is 0.502. The molecule has 0 aromatic carbocycles. The van der Waals surface area contributed by atoms with Gasteiger partial charge in [0.25, 0.3) is 0 Å². The van der Waals surface area contributed by atoms with Gasteiger partial charge >= 0.3 is 5.97 Å². The molecule has 0 aliphatic carbocycles. The molecular formula is C16H23N3O2. The number of carboxylic acids is 1. The van der Waals surface area contributed by atoms with Gasteiger partial charge in [-0.05, 0) is 45.4 Å². The Labute approximate surface area is 125 Å². The van der Waals surface area contributed by atoms with Gasteiger partial charge in [-0.15, -0.1) is 0 Å². The van der Waals surface area contributed by atoms with Gasteiger partial charge in [0.2, 0.25) is 0 Å². The van der Waals surface area contributed by atoms with Crippen molar-refractivity contribution in [2.24, 2.45) is 0 Å². The molecule has 2 aliphatic rings. The zero-order chi connectivity index (χ0) is 15.0. The van der Waals surface area contributed by atoms with E-state index in [-0.39, 0.29) is 0 Å². The molecule has 0 amide bonds. The van der Waals surface area contributed by atoms with E-state index in [4.69, 9.17) is 0 Å². The summed E-state index contributed by atoms with van der Waals surface area (Å²) in [5.74, 6) is -0.813. The highest BCUT2D eigenvalue weighted by Crippen LogP contribution is 2.32. The molecule has 3 heterocycles. The van der Waals surface area contributed by atoms with Crippen LogP contribution in [0.1, 0.15) is 31.2 Å². The molecule has 0 spiro atoms. The number of fused-ring (bicyclic) bond motifs is 1. The average Bonchev–Trinajstić information content (AvgIpc) is 2.93. The van der Waals surface area contributed by atoms with Crippen LogP contribution in [-0.2, 0) is 10.3 Å². The van der Waals surface area contributed by atoms with Crippen LogP contribution in [0.5, 0.6) is 0 Å². The van der Waals surface area contributed by atoms with E-state index in [1.54, 1.807) is 6.92 Å². The van der Waals surface area contributed by atoms with Crippen molar-refractivity contribution in [3.8, 4) is 0 Å². The number of piperazine rings is 1. The highest BCUT2D eigenvalue weighted by atomic mass is 16.4. The summed E-state index contributed by atoms with van der Waals surface area (Å²) in [7, 11) is 0. The lowest BCUT2D eigenvalue weighted by Crippen LogP contribution is -2.59. The third kappa shape index (κ3) is 2.45. The number of pyridine rings is 1. The zero-order valence-corrected chi connectivity index (χ0v) is 12.7. The van der Waals surface area contributed by atoms with E-state index in [0.717, 1.165) is 31.9 Å². The molecule has 1 aromatic heterocycles. The Bertz CT molecular complexity index is 548. The van der Waals surface area contributed by atoms with Gasteiger partial charge in [-0.3, -0.25) is 14.8 Å². The lowest BCUT2D eigenvalue weighted by molar-refractivity contribution is -0.153. The maximum atomic E-state index is 12.0. The Hall–Kier alpha value is -1.46. The van der Waals surface area contributed by atoms with E-state index in [1.165, 1.54) is 12.8 Å². The molecule has 0 saturated carbocycles. The Morgan fingerprint density at radius 3 is 2.90 bits per heavy atom. The highest BCUT2D eigenvalue weighted by molar-refractivity contribution is 5.79. The first-order valence-corrected chi connectivity index (χ1v) is 7.68. The molecule has 2 atom stereocenters. The minimum Gasteiger partial charge on any atom is -0.480 e. The second-order valence-electron chi connectivity index (χ2n) is 6.32. The normalized spacial score (nSPS) is 26.3. The summed E-state index contributed by atoms with van der Waals surface area (Å²) < 4.78 is 0. The number of nitrogens with zero attached hydrogens (tertiary/aromatic N) is 3. The second-order valence-corrected chi connectivity index (χ2v) is 6.32. The predicted octanol–water partition coefficient (Wildman–Crippen LogP) is 1.47. The topological polar surface area (TPSA) is 56.7 Å². The number of hydrogen-bond donors (Lipinski definition) is 1. The van der Waals surface area contributed by atoms with Crippen LogP contribution in [0.25, 0.3) is 0 Å². The zero-order valence-electron chi connectivity index (χ0n) is 12.7. The van der Waals surface area contributed by atoms with Crippen LogP contribution in [0.3, 0.4) is 0 Å². The van der Waals surface area contributed by atoms with Crippen molar-refractivity contribution < 1.29 is 9.90 Å². The monoisotopic (exact) mass is 289 g/mol. The lowest BCUT2D eigenvalue weighted by atomic mass is 9.92. The minimum atomic E-state index is -1.04. The van der Waals surface area contributed by atoms with Crippen LogP contribution in [0, 0.1) is 6.92 Å². The third-order valence-electron chi connectivity index (χ3n) is 5.02. The molecule has 5 nitrogen and oxygen atoms in total. The van der Waals surface area contributed by atoms with Gasteiger partial charge in [0, 0.05) is 31.4 Å². The van der Waals surface area contributed by atoms with E-state index in [0.29, 0.717) is 11.7 Å². The molecule has 2 fully saturated rings. The van der Waals surface area contributed by atoms with Crippen molar-refractivity contribution in [3.05, 3.63) is 29.6 Å². The van der Waals surface area contributed by atoms with E-state index in [2.05, 4.69) is 14.8 Å². The number of aliphatic carboxylic acids is 1. The van der Waals surface area contributed by atoms with Gasteiger partial charge in [-0.2, -0.15) is 0 Å². The van der Waals surface area contributed by atoms with Crippen LogP contribution in [0.4, 0.5) is 0 Å². The van der Waals surface area contributed by atoms with Crippen molar-refractivity contribution in [2.75, 3.05) is 26.2 Å². The fourth-order valence-corrected chi connectivity index (χ4v) is 3.62. The van der Waals surface area contributed by atoms with Gasteiger partial charge in [-0.1, -0.05) is 6.07 Å². The maximum absolute atomic E-state index is 12.0. The van der Waals surface area contributed by atoms with Crippen molar-refractivity contribution in [2.45, 2.75) is 38.3 Å². The van der Waals surface area contributed by atoms with Crippen molar-refractivity contribution in [1.29, 1.82) is 0 Å². The number of aromatic nitrogens is 1. The second kappa shape index (κ2) is 5.39. The van der Waals surface area contributed by atoms with E-state index in [9.17, 15) is 9.90 Å². The number of hydrogen-bond acceptors (Lipinski definition) is 4. The Morgan fingerprint density at radius 1 is 1.38 bits per heavy atom. The van der Waals surface area contributed by atoms with Crippen LogP contribution < -0.4 is 0 Å². The van der Waals surface area contributed by atoms with Gasteiger partial charge in [-0.25, -0.2) is 4.79 Å². The first kappa shape index (κ1) is 14.5. The predicted molar refractivity (Wildman–Crippen MR) is 80.1 cm³/mol. The molecule has 114 valence electrons. The summed E-state index contributed by atoms with van der Waals surface area (Å²) >= 11 is 0. The SMILES string of the molecule is Cc1cccc(C(C)(C(=O)O)N2CCN3CCC[C@@H]3C2)n1.